The third-order valence-corrected chi connectivity index (χ3v) is 6.06. The number of hydrogen-bond donors (Lipinski definition) is 3. The molecule has 2 unspecified atom stereocenters. The van der Waals surface area contributed by atoms with E-state index in [2.05, 4.69) is 57.0 Å². The number of hydrogen-bond acceptors (Lipinski definition) is 4. The number of amides is 3. The lowest BCUT2D eigenvalue weighted by Crippen LogP contribution is -2.45. The summed E-state index contributed by atoms with van der Waals surface area (Å²) >= 11 is 0. The first kappa shape index (κ1) is 25.2. The SMILES string of the molecule is CCC1(C)NC(=O)N(CCCNC(=NC)NC2CCN(c3ccc(C)cc3)C2)C1=O.I. The molecule has 1 aromatic rings. The Hall–Kier alpha value is -2.04. The average Bonchev–Trinajstić information content (AvgIpc) is 3.28. The molecule has 2 heterocycles. The standard InChI is InChI=1S/C22H34N6O2.HI/c1-5-22(3)19(29)28(21(30)26-22)13-6-12-24-20(23-4)25-17-11-14-27(15-17)18-9-7-16(2)8-10-18;/h7-10,17H,5-6,11-15H2,1-4H3,(H,26,30)(H2,23,24,25);1H. The van der Waals surface area contributed by atoms with Crippen molar-refractivity contribution in [1.82, 2.24) is 20.9 Å². The lowest BCUT2D eigenvalue weighted by atomic mass is 9.99. The first-order valence-electron chi connectivity index (χ1n) is 10.8. The summed E-state index contributed by atoms with van der Waals surface area (Å²) in [6, 6.07) is 8.66. The van der Waals surface area contributed by atoms with Gasteiger partial charge in [-0.15, -0.1) is 24.0 Å². The summed E-state index contributed by atoms with van der Waals surface area (Å²) in [4.78, 5) is 32.5. The lowest BCUT2D eigenvalue weighted by Gasteiger charge is -2.21. The van der Waals surface area contributed by atoms with Gasteiger partial charge in [0.25, 0.3) is 5.91 Å². The van der Waals surface area contributed by atoms with Crippen molar-refractivity contribution in [3.8, 4) is 0 Å². The van der Waals surface area contributed by atoms with E-state index in [1.165, 1.54) is 16.2 Å². The summed E-state index contributed by atoms with van der Waals surface area (Å²) in [5, 5.41) is 9.57. The minimum atomic E-state index is -0.770. The molecular formula is C22H35IN6O2. The van der Waals surface area contributed by atoms with Crippen LogP contribution in [0.1, 0.15) is 38.7 Å². The fourth-order valence-electron chi connectivity index (χ4n) is 3.89. The van der Waals surface area contributed by atoms with Gasteiger partial charge in [0.15, 0.2) is 5.96 Å². The van der Waals surface area contributed by atoms with E-state index in [4.69, 9.17) is 0 Å². The number of nitrogens with zero attached hydrogens (tertiary/aromatic N) is 3. The van der Waals surface area contributed by atoms with Crippen LogP contribution in [0.4, 0.5) is 10.5 Å². The monoisotopic (exact) mass is 542 g/mol. The van der Waals surface area contributed by atoms with E-state index in [0.717, 1.165) is 25.5 Å². The molecule has 0 radical (unpaired) electrons. The number of nitrogens with one attached hydrogen (secondary N) is 3. The normalized spacial score (nSPS) is 23.6. The van der Waals surface area contributed by atoms with Gasteiger partial charge < -0.3 is 20.9 Å². The minimum absolute atomic E-state index is 0. The van der Waals surface area contributed by atoms with E-state index in [0.29, 0.717) is 32.0 Å². The maximum absolute atomic E-state index is 12.4. The maximum atomic E-state index is 12.4. The fraction of sp³-hybridized carbons (Fsp3) is 0.591. The predicted molar refractivity (Wildman–Crippen MR) is 135 cm³/mol. The minimum Gasteiger partial charge on any atom is -0.369 e. The quantitative estimate of drug-likeness (QED) is 0.162. The van der Waals surface area contributed by atoms with Crippen LogP contribution in [0.2, 0.25) is 0 Å². The number of anilines is 1. The molecule has 3 rings (SSSR count). The molecule has 2 saturated heterocycles. The molecule has 2 aliphatic rings. The number of guanidine groups is 1. The second kappa shape index (κ2) is 11.0. The Labute approximate surface area is 202 Å². The van der Waals surface area contributed by atoms with E-state index in [9.17, 15) is 9.59 Å². The van der Waals surface area contributed by atoms with Gasteiger partial charge in [0.05, 0.1) is 0 Å². The number of benzene rings is 1. The molecule has 0 saturated carbocycles. The van der Waals surface area contributed by atoms with Crippen LogP contribution < -0.4 is 20.9 Å². The third-order valence-electron chi connectivity index (χ3n) is 6.06. The highest BCUT2D eigenvalue weighted by Gasteiger charge is 2.45. The van der Waals surface area contributed by atoms with Crippen LogP contribution in [0, 0.1) is 6.92 Å². The molecule has 3 N–H and O–H groups in total. The Morgan fingerprint density at radius 2 is 2.00 bits per heavy atom. The number of urea groups is 1. The van der Waals surface area contributed by atoms with Crippen LogP contribution in [-0.2, 0) is 4.79 Å². The van der Waals surface area contributed by atoms with Crippen LogP contribution in [0.5, 0.6) is 0 Å². The predicted octanol–water partition coefficient (Wildman–Crippen LogP) is 2.47. The van der Waals surface area contributed by atoms with Crippen molar-refractivity contribution in [3.05, 3.63) is 29.8 Å². The van der Waals surface area contributed by atoms with Gasteiger partial charge >= 0.3 is 6.03 Å². The van der Waals surface area contributed by atoms with Crippen LogP contribution in [-0.4, -0.2) is 67.6 Å². The van der Waals surface area contributed by atoms with Crippen molar-refractivity contribution in [1.29, 1.82) is 0 Å². The number of halogens is 1. The van der Waals surface area contributed by atoms with Crippen molar-refractivity contribution < 1.29 is 9.59 Å². The number of carbonyl (C=O) groups excluding carboxylic acids is 2. The lowest BCUT2D eigenvalue weighted by molar-refractivity contribution is -0.130. The van der Waals surface area contributed by atoms with E-state index < -0.39 is 5.54 Å². The fourth-order valence-corrected chi connectivity index (χ4v) is 3.89. The first-order chi connectivity index (χ1) is 14.4. The number of aryl methyl sites for hydroxylation is 1. The Kier molecular flexibility index (Phi) is 8.96. The maximum Gasteiger partial charge on any atom is 0.325 e. The van der Waals surface area contributed by atoms with Crippen molar-refractivity contribution in [3.63, 3.8) is 0 Å². The summed E-state index contributed by atoms with van der Waals surface area (Å²) in [5.41, 5.74) is 1.75. The topological polar surface area (TPSA) is 89.1 Å². The molecule has 9 heteroatoms. The van der Waals surface area contributed by atoms with E-state index in [1.54, 1.807) is 14.0 Å². The zero-order chi connectivity index (χ0) is 21.7. The zero-order valence-corrected chi connectivity index (χ0v) is 21.2. The van der Waals surface area contributed by atoms with Gasteiger partial charge in [-0.1, -0.05) is 24.6 Å². The molecular weight excluding hydrogens is 507 g/mol. The van der Waals surface area contributed by atoms with Crippen molar-refractivity contribution >= 4 is 47.6 Å². The molecule has 2 aliphatic heterocycles. The zero-order valence-electron chi connectivity index (χ0n) is 18.9. The molecule has 8 nitrogen and oxygen atoms in total. The Morgan fingerprint density at radius 1 is 1.29 bits per heavy atom. The first-order valence-corrected chi connectivity index (χ1v) is 10.8. The largest absolute Gasteiger partial charge is 0.369 e. The highest BCUT2D eigenvalue weighted by Crippen LogP contribution is 2.21. The number of carbonyl (C=O) groups is 2. The molecule has 3 amide bonds. The number of imide groups is 1. The summed E-state index contributed by atoms with van der Waals surface area (Å²) in [6.45, 7) is 8.76. The highest BCUT2D eigenvalue weighted by molar-refractivity contribution is 14.0. The summed E-state index contributed by atoms with van der Waals surface area (Å²) in [6.07, 6.45) is 2.30. The highest BCUT2D eigenvalue weighted by atomic mass is 127. The number of rotatable bonds is 7. The van der Waals surface area contributed by atoms with Gasteiger partial charge in [-0.05, 0) is 45.2 Å². The summed E-state index contributed by atoms with van der Waals surface area (Å²) < 4.78 is 0. The van der Waals surface area contributed by atoms with Crippen molar-refractivity contribution in [2.75, 3.05) is 38.1 Å². The van der Waals surface area contributed by atoms with Gasteiger partial charge in [-0.25, -0.2) is 4.79 Å². The molecule has 0 aromatic heterocycles. The third kappa shape index (κ3) is 6.02. The van der Waals surface area contributed by atoms with E-state index >= 15 is 0 Å². The second-order valence-electron chi connectivity index (χ2n) is 8.34. The van der Waals surface area contributed by atoms with Crippen LogP contribution in [0.15, 0.2) is 29.3 Å². The molecule has 172 valence electrons. The molecule has 2 fully saturated rings. The molecule has 0 spiro atoms. The molecule has 1 aromatic carbocycles. The van der Waals surface area contributed by atoms with Gasteiger partial charge in [-0.2, -0.15) is 0 Å². The smallest absolute Gasteiger partial charge is 0.325 e. The summed E-state index contributed by atoms with van der Waals surface area (Å²) in [7, 11) is 1.76. The van der Waals surface area contributed by atoms with Crippen molar-refractivity contribution in [2.24, 2.45) is 4.99 Å². The van der Waals surface area contributed by atoms with Crippen LogP contribution in [0.3, 0.4) is 0 Å². The van der Waals surface area contributed by atoms with Gasteiger partial charge in [0.2, 0.25) is 0 Å². The van der Waals surface area contributed by atoms with Crippen LogP contribution in [0.25, 0.3) is 0 Å². The Balaban J connectivity index is 0.00000341. The van der Waals surface area contributed by atoms with Crippen molar-refractivity contribution in [2.45, 2.75) is 51.6 Å². The summed E-state index contributed by atoms with van der Waals surface area (Å²) in [5.74, 6) is 0.612. The van der Waals surface area contributed by atoms with Gasteiger partial charge in [0.1, 0.15) is 5.54 Å². The molecule has 31 heavy (non-hydrogen) atoms. The van der Waals surface area contributed by atoms with Crippen LogP contribution >= 0.6 is 24.0 Å². The molecule has 2 atom stereocenters. The number of aliphatic imine (C=N–C) groups is 1. The average molecular weight is 542 g/mol. The van der Waals surface area contributed by atoms with E-state index in [1.807, 2.05) is 6.92 Å². The Bertz CT molecular complexity index is 800. The van der Waals surface area contributed by atoms with E-state index in [-0.39, 0.29) is 35.9 Å². The Morgan fingerprint density at radius 3 is 2.61 bits per heavy atom. The molecule has 0 aliphatic carbocycles. The molecule has 0 bridgehead atoms. The van der Waals surface area contributed by atoms with Gasteiger partial charge in [-0.3, -0.25) is 14.7 Å². The van der Waals surface area contributed by atoms with Gasteiger partial charge in [0, 0.05) is 45.0 Å². The second-order valence-corrected chi connectivity index (χ2v) is 8.34.